The smallest absolute Gasteiger partial charge is 0.334 e. The Morgan fingerprint density at radius 1 is 1.25 bits per heavy atom. The summed E-state index contributed by atoms with van der Waals surface area (Å²) in [5, 5.41) is 0. The normalized spacial score (nSPS) is 11.8. The third kappa shape index (κ3) is 1.91. The summed E-state index contributed by atoms with van der Waals surface area (Å²) in [5.41, 5.74) is 0.342. The third-order valence-electron chi connectivity index (χ3n) is 2.14. The number of hydrogen-bond acceptors (Lipinski definition) is 2. The number of H-pyrrole nitrogens is 1. The molecule has 2 aromatic rings. The molecule has 0 bridgehead atoms. The molecule has 0 saturated heterocycles. The van der Waals surface area contributed by atoms with E-state index >= 15 is 0 Å². The molecule has 3 nitrogen and oxygen atoms in total. The van der Waals surface area contributed by atoms with Crippen molar-refractivity contribution >= 4 is 0 Å². The van der Waals surface area contributed by atoms with E-state index in [1.807, 2.05) is 0 Å². The van der Waals surface area contributed by atoms with Crippen molar-refractivity contribution in [3.05, 3.63) is 35.9 Å². The second kappa shape index (κ2) is 3.62. The molecule has 0 unspecified atom stereocenters. The molecule has 0 fully saturated rings. The summed E-state index contributed by atoms with van der Waals surface area (Å²) in [6.45, 7) is 1.71. The van der Waals surface area contributed by atoms with E-state index in [0.29, 0.717) is 11.3 Å². The molecule has 6 heteroatoms. The van der Waals surface area contributed by atoms with Gasteiger partial charge in [-0.3, -0.25) is 4.98 Å². The van der Waals surface area contributed by atoms with Gasteiger partial charge in [-0.05, 0) is 19.1 Å². The summed E-state index contributed by atoms with van der Waals surface area (Å²) in [6, 6.07) is 3.32. The average molecular weight is 227 g/mol. The van der Waals surface area contributed by atoms with Crippen LogP contribution in [0.5, 0.6) is 0 Å². The largest absolute Gasteiger partial charge is 0.432 e. The Morgan fingerprint density at radius 3 is 2.56 bits per heavy atom. The van der Waals surface area contributed by atoms with Crippen LogP contribution in [0.4, 0.5) is 13.2 Å². The maximum Gasteiger partial charge on any atom is 0.432 e. The maximum atomic E-state index is 12.3. The molecule has 2 heterocycles. The molecule has 0 aliphatic rings. The number of nitrogens with zero attached hydrogens (tertiary/aromatic N) is 2. The fourth-order valence-corrected chi connectivity index (χ4v) is 1.34. The molecule has 0 aliphatic heterocycles. The van der Waals surface area contributed by atoms with Crippen molar-refractivity contribution in [1.82, 2.24) is 15.0 Å². The number of nitrogens with one attached hydrogen (secondary N) is 1. The number of pyridine rings is 1. The molecule has 2 aromatic heterocycles. The molecule has 0 spiro atoms. The first-order valence-corrected chi connectivity index (χ1v) is 4.52. The zero-order valence-electron chi connectivity index (χ0n) is 8.34. The molecule has 0 saturated carbocycles. The van der Waals surface area contributed by atoms with E-state index in [-0.39, 0.29) is 5.82 Å². The average Bonchev–Trinajstić information content (AvgIpc) is 2.66. The van der Waals surface area contributed by atoms with Crippen molar-refractivity contribution in [3.63, 3.8) is 0 Å². The van der Waals surface area contributed by atoms with Crippen LogP contribution in [0.1, 0.15) is 11.4 Å². The predicted molar refractivity (Wildman–Crippen MR) is 51.6 cm³/mol. The highest BCUT2D eigenvalue weighted by atomic mass is 19.4. The fourth-order valence-electron chi connectivity index (χ4n) is 1.34. The van der Waals surface area contributed by atoms with E-state index < -0.39 is 11.9 Å². The maximum absolute atomic E-state index is 12.3. The van der Waals surface area contributed by atoms with Gasteiger partial charge in [0.15, 0.2) is 0 Å². The third-order valence-corrected chi connectivity index (χ3v) is 2.14. The minimum absolute atomic E-state index is 0.179. The number of aryl methyl sites for hydroxylation is 1. The van der Waals surface area contributed by atoms with Gasteiger partial charge in [-0.25, -0.2) is 4.98 Å². The van der Waals surface area contributed by atoms with Crippen LogP contribution in [0, 0.1) is 6.92 Å². The number of alkyl halides is 3. The summed E-state index contributed by atoms with van der Waals surface area (Å²) in [4.78, 5) is 9.92. The van der Waals surface area contributed by atoms with E-state index in [2.05, 4.69) is 15.0 Å². The topological polar surface area (TPSA) is 41.6 Å². The van der Waals surface area contributed by atoms with Crippen molar-refractivity contribution in [2.45, 2.75) is 13.1 Å². The van der Waals surface area contributed by atoms with Gasteiger partial charge in [0.05, 0.1) is 6.20 Å². The van der Waals surface area contributed by atoms with Gasteiger partial charge < -0.3 is 4.98 Å². The number of halogens is 3. The minimum atomic E-state index is -4.40. The molecule has 0 amide bonds. The second-order valence-corrected chi connectivity index (χ2v) is 3.28. The number of hydrogen-bond donors (Lipinski definition) is 1. The van der Waals surface area contributed by atoms with Crippen molar-refractivity contribution in [1.29, 1.82) is 0 Å². The molecule has 84 valence electrons. The standard InChI is InChI=1S/C10H8F3N3/c1-6-7(3-2-4-14-6)9-15-5-8(16-9)10(11,12)13/h2-5H,1H3,(H,15,16). The summed E-state index contributed by atoms with van der Waals surface area (Å²) >= 11 is 0. The number of imidazole rings is 1. The quantitative estimate of drug-likeness (QED) is 0.813. The van der Waals surface area contributed by atoms with Crippen LogP contribution in [0.3, 0.4) is 0 Å². The molecular weight excluding hydrogens is 219 g/mol. The van der Waals surface area contributed by atoms with Crippen LogP contribution >= 0.6 is 0 Å². The monoisotopic (exact) mass is 227 g/mol. The first kappa shape index (κ1) is 10.7. The van der Waals surface area contributed by atoms with Crippen LogP contribution < -0.4 is 0 Å². The van der Waals surface area contributed by atoms with Gasteiger partial charge in [0.2, 0.25) is 0 Å². The highest BCUT2D eigenvalue weighted by Crippen LogP contribution is 2.29. The number of aromatic amines is 1. The first-order chi connectivity index (χ1) is 7.48. The van der Waals surface area contributed by atoms with E-state index in [1.165, 1.54) is 0 Å². The van der Waals surface area contributed by atoms with E-state index in [1.54, 1.807) is 25.3 Å². The molecule has 16 heavy (non-hydrogen) atoms. The second-order valence-electron chi connectivity index (χ2n) is 3.28. The van der Waals surface area contributed by atoms with E-state index in [0.717, 1.165) is 6.20 Å². The highest BCUT2D eigenvalue weighted by molar-refractivity contribution is 5.57. The molecule has 0 aromatic carbocycles. The fraction of sp³-hybridized carbons (Fsp3) is 0.200. The van der Waals surface area contributed by atoms with Crippen molar-refractivity contribution < 1.29 is 13.2 Å². The SMILES string of the molecule is Cc1ncccc1-c1ncc(C(F)(F)F)[nH]1. The lowest BCUT2D eigenvalue weighted by Crippen LogP contribution is -2.04. The van der Waals surface area contributed by atoms with Gasteiger partial charge >= 0.3 is 6.18 Å². The summed E-state index contributed by atoms with van der Waals surface area (Å²) in [5.74, 6) is 0.179. The zero-order valence-corrected chi connectivity index (χ0v) is 8.34. The Labute approximate surface area is 89.4 Å². The summed E-state index contributed by atoms with van der Waals surface area (Å²) in [7, 11) is 0. The van der Waals surface area contributed by atoms with Gasteiger partial charge in [0.25, 0.3) is 0 Å². The van der Waals surface area contributed by atoms with Gasteiger partial charge in [-0.1, -0.05) is 0 Å². The highest BCUT2D eigenvalue weighted by Gasteiger charge is 2.33. The minimum Gasteiger partial charge on any atom is -0.334 e. The van der Waals surface area contributed by atoms with Gasteiger partial charge in [0.1, 0.15) is 11.5 Å². The Balaban J connectivity index is 2.44. The van der Waals surface area contributed by atoms with Crippen LogP contribution in [-0.4, -0.2) is 15.0 Å². The Hall–Kier alpha value is -1.85. The van der Waals surface area contributed by atoms with Crippen LogP contribution in [0.15, 0.2) is 24.5 Å². The van der Waals surface area contributed by atoms with Crippen LogP contribution in [-0.2, 0) is 6.18 Å². The van der Waals surface area contributed by atoms with Crippen LogP contribution in [0.2, 0.25) is 0 Å². The molecule has 0 atom stereocenters. The first-order valence-electron chi connectivity index (χ1n) is 4.52. The lowest BCUT2D eigenvalue weighted by molar-refractivity contribution is -0.140. The molecule has 0 radical (unpaired) electrons. The van der Waals surface area contributed by atoms with Crippen molar-refractivity contribution in [3.8, 4) is 11.4 Å². The molecule has 0 aliphatic carbocycles. The zero-order chi connectivity index (χ0) is 11.8. The van der Waals surface area contributed by atoms with Gasteiger partial charge in [-0.15, -0.1) is 0 Å². The van der Waals surface area contributed by atoms with Gasteiger partial charge in [-0.2, -0.15) is 13.2 Å². The predicted octanol–water partition coefficient (Wildman–Crippen LogP) is 2.80. The lowest BCUT2D eigenvalue weighted by Gasteiger charge is -2.02. The Bertz CT molecular complexity index is 502. The van der Waals surface area contributed by atoms with Crippen molar-refractivity contribution in [2.75, 3.05) is 0 Å². The molecular formula is C10H8F3N3. The molecule has 2 rings (SSSR count). The Kier molecular flexibility index (Phi) is 2.41. The van der Waals surface area contributed by atoms with Crippen molar-refractivity contribution in [2.24, 2.45) is 0 Å². The van der Waals surface area contributed by atoms with Crippen LogP contribution in [0.25, 0.3) is 11.4 Å². The molecule has 1 N–H and O–H groups in total. The van der Waals surface area contributed by atoms with E-state index in [9.17, 15) is 13.2 Å². The summed E-state index contributed by atoms with van der Waals surface area (Å²) < 4.78 is 37.0. The number of aromatic nitrogens is 3. The summed E-state index contributed by atoms with van der Waals surface area (Å²) in [6.07, 6.45) is -2.05. The lowest BCUT2D eigenvalue weighted by atomic mass is 10.2. The number of rotatable bonds is 1. The van der Waals surface area contributed by atoms with E-state index in [4.69, 9.17) is 0 Å². The Morgan fingerprint density at radius 2 is 2.00 bits per heavy atom. The van der Waals surface area contributed by atoms with Gasteiger partial charge in [0, 0.05) is 17.5 Å².